The van der Waals surface area contributed by atoms with Crippen molar-refractivity contribution in [3.8, 4) is 0 Å². The van der Waals surface area contributed by atoms with Crippen LogP contribution in [0.25, 0.3) is 11.0 Å². The second-order valence-electron chi connectivity index (χ2n) is 8.05. The zero-order valence-electron chi connectivity index (χ0n) is 18.2. The molecule has 1 fully saturated rings. The molecule has 162 valence electrons. The number of aromatic nitrogens is 2. The van der Waals surface area contributed by atoms with E-state index >= 15 is 0 Å². The molecule has 3 aromatic rings. The predicted molar refractivity (Wildman–Crippen MR) is 119 cm³/mol. The lowest BCUT2D eigenvalue weighted by Crippen LogP contribution is -2.42. The van der Waals surface area contributed by atoms with Crippen molar-refractivity contribution >= 4 is 22.8 Å². The summed E-state index contributed by atoms with van der Waals surface area (Å²) in [5.74, 6) is 0.546. The van der Waals surface area contributed by atoms with Gasteiger partial charge in [0.05, 0.1) is 30.3 Å². The van der Waals surface area contributed by atoms with Crippen LogP contribution in [0.2, 0.25) is 0 Å². The second kappa shape index (κ2) is 8.89. The van der Waals surface area contributed by atoms with Crippen LogP contribution in [0.5, 0.6) is 0 Å². The van der Waals surface area contributed by atoms with Crippen molar-refractivity contribution in [3.05, 3.63) is 65.0 Å². The summed E-state index contributed by atoms with van der Waals surface area (Å²) in [4.78, 5) is 32.4. The first kappa shape index (κ1) is 21.1. The first-order valence-corrected chi connectivity index (χ1v) is 10.6. The number of nitrogens with zero attached hydrogens (tertiary/aromatic N) is 3. The van der Waals surface area contributed by atoms with Gasteiger partial charge in [0, 0.05) is 18.7 Å². The molecular formula is C24H28N4O3. The number of para-hydroxylation sites is 2. The van der Waals surface area contributed by atoms with Crippen LogP contribution in [0.15, 0.2) is 42.5 Å². The van der Waals surface area contributed by atoms with Gasteiger partial charge in [-0.05, 0) is 44.5 Å². The molecule has 0 aliphatic carbocycles. The van der Waals surface area contributed by atoms with Gasteiger partial charge in [-0.1, -0.05) is 29.8 Å². The van der Waals surface area contributed by atoms with Crippen molar-refractivity contribution in [2.45, 2.75) is 33.4 Å². The number of amides is 2. The Labute approximate surface area is 182 Å². The van der Waals surface area contributed by atoms with Gasteiger partial charge < -0.3 is 19.5 Å². The number of fused-ring (bicyclic) bond motifs is 1. The van der Waals surface area contributed by atoms with E-state index in [1.165, 1.54) is 0 Å². The summed E-state index contributed by atoms with van der Waals surface area (Å²) in [5, 5.41) is 3.06. The summed E-state index contributed by atoms with van der Waals surface area (Å²) >= 11 is 0. The summed E-state index contributed by atoms with van der Waals surface area (Å²) in [7, 11) is 0. The number of hydrogen-bond donors (Lipinski definition) is 1. The highest BCUT2D eigenvalue weighted by atomic mass is 16.5. The van der Waals surface area contributed by atoms with Crippen LogP contribution < -0.4 is 5.32 Å². The molecular weight excluding hydrogens is 392 g/mol. The third kappa shape index (κ3) is 4.46. The SMILES string of the molecule is Cc1ccc(C(=O)NC(C)c2nc3ccccc3n2CC(=O)N2CCOCC2)c(C)c1. The molecule has 2 aromatic carbocycles. The van der Waals surface area contributed by atoms with E-state index in [-0.39, 0.29) is 24.4 Å². The number of carbonyl (C=O) groups is 2. The van der Waals surface area contributed by atoms with Crippen molar-refractivity contribution < 1.29 is 14.3 Å². The Hall–Kier alpha value is -3.19. The molecule has 7 nitrogen and oxygen atoms in total. The number of benzene rings is 2. The lowest BCUT2D eigenvalue weighted by atomic mass is 10.0. The first-order valence-electron chi connectivity index (χ1n) is 10.6. The largest absolute Gasteiger partial charge is 0.378 e. The van der Waals surface area contributed by atoms with Gasteiger partial charge in [0.1, 0.15) is 12.4 Å². The number of aryl methyl sites for hydroxylation is 2. The van der Waals surface area contributed by atoms with E-state index in [0.717, 1.165) is 22.2 Å². The van der Waals surface area contributed by atoms with Gasteiger partial charge >= 0.3 is 0 Å². The summed E-state index contributed by atoms with van der Waals surface area (Å²) in [6, 6.07) is 13.1. The number of hydrogen-bond acceptors (Lipinski definition) is 4. The Morgan fingerprint density at radius 1 is 1.13 bits per heavy atom. The van der Waals surface area contributed by atoms with E-state index in [9.17, 15) is 9.59 Å². The van der Waals surface area contributed by atoms with Gasteiger partial charge in [0.15, 0.2) is 0 Å². The van der Waals surface area contributed by atoms with Gasteiger partial charge in [-0.15, -0.1) is 0 Å². The van der Waals surface area contributed by atoms with E-state index in [2.05, 4.69) is 5.32 Å². The number of imidazole rings is 1. The normalized spacial score (nSPS) is 15.1. The second-order valence-corrected chi connectivity index (χ2v) is 8.05. The summed E-state index contributed by atoms with van der Waals surface area (Å²) in [6.07, 6.45) is 0. The molecule has 0 saturated carbocycles. The van der Waals surface area contributed by atoms with Gasteiger partial charge in [-0.3, -0.25) is 9.59 Å². The Morgan fingerprint density at radius 3 is 2.61 bits per heavy atom. The number of nitrogens with one attached hydrogen (secondary N) is 1. The quantitative estimate of drug-likeness (QED) is 0.688. The van der Waals surface area contributed by atoms with Crippen LogP contribution >= 0.6 is 0 Å². The molecule has 1 aliphatic heterocycles. The van der Waals surface area contributed by atoms with Crippen molar-refractivity contribution in [1.82, 2.24) is 19.8 Å². The molecule has 1 saturated heterocycles. The summed E-state index contributed by atoms with van der Waals surface area (Å²) in [5.41, 5.74) is 4.38. The van der Waals surface area contributed by atoms with Gasteiger partial charge in [-0.2, -0.15) is 0 Å². The molecule has 1 unspecified atom stereocenters. The molecule has 1 N–H and O–H groups in total. The third-order valence-corrected chi connectivity index (χ3v) is 5.70. The maximum atomic E-state index is 12.9. The third-order valence-electron chi connectivity index (χ3n) is 5.70. The van der Waals surface area contributed by atoms with Gasteiger partial charge in [-0.25, -0.2) is 4.98 Å². The minimum absolute atomic E-state index is 0.0283. The molecule has 4 rings (SSSR count). The van der Waals surface area contributed by atoms with Crippen molar-refractivity contribution in [2.75, 3.05) is 26.3 Å². The topological polar surface area (TPSA) is 76.5 Å². The molecule has 31 heavy (non-hydrogen) atoms. The molecule has 1 aliphatic rings. The Kier molecular flexibility index (Phi) is 6.04. The van der Waals surface area contributed by atoms with E-state index in [1.54, 1.807) is 0 Å². The van der Waals surface area contributed by atoms with Gasteiger partial charge in [0.25, 0.3) is 5.91 Å². The van der Waals surface area contributed by atoms with Crippen molar-refractivity contribution in [1.29, 1.82) is 0 Å². The van der Waals surface area contributed by atoms with Crippen LogP contribution in [0, 0.1) is 13.8 Å². The Balaban J connectivity index is 1.60. The van der Waals surface area contributed by atoms with E-state index in [0.29, 0.717) is 37.7 Å². The minimum Gasteiger partial charge on any atom is -0.378 e. The lowest BCUT2D eigenvalue weighted by molar-refractivity contribution is -0.135. The maximum Gasteiger partial charge on any atom is 0.252 e. The van der Waals surface area contributed by atoms with Crippen LogP contribution in [0.4, 0.5) is 0 Å². The molecule has 2 amide bonds. The standard InChI is InChI=1S/C24H28N4O3/c1-16-8-9-19(17(2)14-16)24(30)25-18(3)23-26-20-6-4-5-7-21(20)28(23)15-22(29)27-10-12-31-13-11-27/h4-9,14,18H,10-13,15H2,1-3H3,(H,25,30). The fourth-order valence-electron chi connectivity index (χ4n) is 4.05. The van der Waals surface area contributed by atoms with Crippen molar-refractivity contribution in [3.63, 3.8) is 0 Å². The van der Waals surface area contributed by atoms with Crippen LogP contribution in [0.3, 0.4) is 0 Å². The highest BCUT2D eigenvalue weighted by Crippen LogP contribution is 2.22. The molecule has 0 bridgehead atoms. The highest BCUT2D eigenvalue weighted by Gasteiger charge is 2.23. The minimum atomic E-state index is -0.363. The lowest BCUT2D eigenvalue weighted by Gasteiger charge is -2.27. The van der Waals surface area contributed by atoms with Crippen LogP contribution in [-0.2, 0) is 16.1 Å². The average molecular weight is 421 g/mol. The predicted octanol–water partition coefficient (Wildman–Crippen LogP) is 3.00. The van der Waals surface area contributed by atoms with Crippen LogP contribution in [0.1, 0.15) is 40.3 Å². The highest BCUT2D eigenvalue weighted by molar-refractivity contribution is 5.96. The average Bonchev–Trinajstić information content (AvgIpc) is 3.13. The maximum absolute atomic E-state index is 12.9. The monoisotopic (exact) mass is 420 g/mol. The fourth-order valence-corrected chi connectivity index (χ4v) is 4.05. The van der Waals surface area contributed by atoms with E-state index < -0.39 is 0 Å². The number of morpholine rings is 1. The molecule has 1 aromatic heterocycles. The summed E-state index contributed by atoms with van der Waals surface area (Å²) < 4.78 is 7.28. The Bertz CT molecular complexity index is 1120. The van der Waals surface area contributed by atoms with Crippen LogP contribution in [-0.4, -0.2) is 52.6 Å². The van der Waals surface area contributed by atoms with Gasteiger partial charge in [0.2, 0.25) is 5.91 Å². The molecule has 1 atom stereocenters. The zero-order chi connectivity index (χ0) is 22.0. The fraction of sp³-hybridized carbons (Fsp3) is 0.375. The van der Waals surface area contributed by atoms with Crippen molar-refractivity contribution in [2.24, 2.45) is 0 Å². The molecule has 0 spiro atoms. The molecule has 2 heterocycles. The molecule has 0 radical (unpaired) electrons. The summed E-state index contributed by atoms with van der Waals surface area (Å²) in [6.45, 7) is 8.34. The molecule has 7 heteroatoms. The zero-order valence-corrected chi connectivity index (χ0v) is 18.2. The Morgan fingerprint density at radius 2 is 1.87 bits per heavy atom. The van der Waals surface area contributed by atoms with E-state index in [4.69, 9.17) is 9.72 Å². The number of carbonyl (C=O) groups excluding carboxylic acids is 2. The number of ether oxygens (including phenoxy) is 1. The van der Waals surface area contributed by atoms with E-state index in [1.807, 2.05) is 72.7 Å². The number of rotatable bonds is 5. The smallest absolute Gasteiger partial charge is 0.252 e. The first-order chi connectivity index (χ1) is 14.9.